The number of ether oxygens (including phenoxy) is 1. The molecule has 1 aromatic rings. The van der Waals surface area contributed by atoms with E-state index in [4.69, 9.17) is 4.74 Å². The van der Waals surface area contributed by atoms with Crippen LogP contribution in [-0.4, -0.2) is 54.6 Å². The molecule has 1 aliphatic rings. The first-order valence-electron chi connectivity index (χ1n) is 7.40. The monoisotopic (exact) mass is 307 g/mol. The summed E-state index contributed by atoms with van der Waals surface area (Å²) < 4.78 is 5.27. The molecule has 0 unspecified atom stereocenters. The number of morpholine rings is 1. The summed E-state index contributed by atoms with van der Waals surface area (Å²) in [4.78, 5) is 33.5. The first kappa shape index (κ1) is 16.2. The summed E-state index contributed by atoms with van der Waals surface area (Å²) in [6, 6.07) is 0. The molecule has 1 saturated heterocycles. The van der Waals surface area contributed by atoms with Crippen molar-refractivity contribution in [3.05, 3.63) is 12.4 Å². The number of nitrogens with zero attached hydrogens (tertiary/aromatic N) is 3. The summed E-state index contributed by atoms with van der Waals surface area (Å²) in [6.07, 6.45) is 4.29. The van der Waals surface area contributed by atoms with Crippen LogP contribution in [0.3, 0.4) is 0 Å². The number of aromatic nitrogens is 2. The predicted octanol–water partition coefficient (Wildman–Crippen LogP) is 0.168. The lowest BCUT2D eigenvalue weighted by Crippen LogP contribution is -2.37. The summed E-state index contributed by atoms with van der Waals surface area (Å²) in [6.45, 7) is 4.71. The second kappa shape index (κ2) is 8.28. The van der Waals surface area contributed by atoms with Gasteiger partial charge in [0.15, 0.2) is 0 Å². The van der Waals surface area contributed by atoms with Crippen LogP contribution in [0.2, 0.25) is 0 Å². The minimum absolute atomic E-state index is 0.0515. The smallest absolute Gasteiger partial charge is 0.243 e. The van der Waals surface area contributed by atoms with Crippen LogP contribution in [0.15, 0.2) is 12.4 Å². The Labute approximate surface area is 129 Å². The van der Waals surface area contributed by atoms with Gasteiger partial charge in [0.05, 0.1) is 37.8 Å². The molecule has 0 aliphatic carbocycles. The van der Waals surface area contributed by atoms with Crippen LogP contribution in [0.4, 0.5) is 11.6 Å². The van der Waals surface area contributed by atoms with E-state index in [1.54, 1.807) is 12.4 Å². The molecule has 0 spiro atoms. The molecule has 1 fully saturated rings. The fraction of sp³-hybridized carbons (Fsp3) is 0.571. The van der Waals surface area contributed by atoms with Gasteiger partial charge in [0.25, 0.3) is 0 Å². The van der Waals surface area contributed by atoms with Crippen molar-refractivity contribution in [3.63, 3.8) is 0 Å². The van der Waals surface area contributed by atoms with Crippen LogP contribution in [-0.2, 0) is 14.3 Å². The van der Waals surface area contributed by atoms with E-state index in [0.717, 1.165) is 19.5 Å². The van der Waals surface area contributed by atoms with Gasteiger partial charge in [0.1, 0.15) is 0 Å². The molecular weight excluding hydrogens is 286 g/mol. The van der Waals surface area contributed by atoms with E-state index in [9.17, 15) is 9.59 Å². The molecule has 0 bridgehead atoms. The molecule has 0 atom stereocenters. The Hall–Kier alpha value is -2.22. The zero-order valence-corrected chi connectivity index (χ0v) is 12.7. The largest absolute Gasteiger partial charge is 0.378 e. The van der Waals surface area contributed by atoms with Crippen LogP contribution in [0, 0.1) is 0 Å². The minimum atomic E-state index is -0.299. The van der Waals surface area contributed by atoms with E-state index in [1.807, 2.05) is 11.8 Å². The van der Waals surface area contributed by atoms with E-state index >= 15 is 0 Å². The molecule has 0 saturated carbocycles. The third-order valence-electron chi connectivity index (χ3n) is 3.14. The Morgan fingerprint density at radius 1 is 1.23 bits per heavy atom. The van der Waals surface area contributed by atoms with Crippen molar-refractivity contribution in [2.45, 2.75) is 19.8 Å². The van der Waals surface area contributed by atoms with Gasteiger partial charge in [-0.25, -0.2) is 9.97 Å². The van der Waals surface area contributed by atoms with Gasteiger partial charge in [-0.1, -0.05) is 6.92 Å². The van der Waals surface area contributed by atoms with Gasteiger partial charge in [0, 0.05) is 19.5 Å². The van der Waals surface area contributed by atoms with Crippen molar-refractivity contribution in [1.29, 1.82) is 0 Å². The second-order valence-corrected chi connectivity index (χ2v) is 4.95. The summed E-state index contributed by atoms with van der Waals surface area (Å²) in [5, 5.41) is 5.20. The number of amides is 2. The molecule has 120 valence electrons. The van der Waals surface area contributed by atoms with E-state index in [0.29, 0.717) is 31.3 Å². The quantitative estimate of drug-likeness (QED) is 0.777. The highest BCUT2D eigenvalue weighted by molar-refractivity contribution is 5.94. The summed E-state index contributed by atoms with van der Waals surface area (Å²) >= 11 is 0. The SMILES string of the molecule is CCCC(=O)NCC(=O)Nc1cnc(N2CCOCC2)nc1. The minimum Gasteiger partial charge on any atom is -0.378 e. The summed E-state index contributed by atoms with van der Waals surface area (Å²) in [5.41, 5.74) is 0.506. The van der Waals surface area contributed by atoms with Gasteiger partial charge < -0.3 is 20.3 Å². The summed E-state index contributed by atoms with van der Waals surface area (Å²) in [5.74, 6) is 0.196. The van der Waals surface area contributed by atoms with Gasteiger partial charge in [-0.2, -0.15) is 0 Å². The Bertz CT molecular complexity index is 500. The fourth-order valence-corrected chi connectivity index (χ4v) is 2.01. The van der Waals surface area contributed by atoms with Crippen molar-refractivity contribution in [3.8, 4) is 0 Å². The van der Waals surface area contributed by atoms with Crippen molar-refractivity contribution in [2.75, 3.05) is 43.1 Å². The second-order valence-electron chi connectivity index (χ2n) is 4.95. The lowest BCUT2D eigenvalue weighted by molar-refractivity contribution is -0.124. The predicted molar refractivity (Wildman–Crippen MR) is 81.6 cm³/mol. The first-order chi connectivity index (χ1) is 10.7. The molecule has 2 rings (SSSR count). The zero-order chi connectivity index (χ0) is 15.8. The first-order valence-corrected chi connectivity index (χ1v) is 7.40. The number of nitrogens with one attached hydrogen (secondary N) is 2. The van der Waals surface area contributed by atoms with Crippen LogP contribution < -0.4 is 15.5 Å². The van der Waals surface area contributed by atoms with Crippen molar-refractivity contribution >= 4 is 23.5 Å². The molecule has 2 amide bonds. The zero-order valence-electron chi connectivity index (χ0n) is 12.7. The Morgan fingerprint density at radius 3 is 2.55 bits per heavy atom. The molecular formula is C14H21N5O3. The van der Waals surface area contributed by atoms with Crippen molar-refractivity contribution in [2.24, 2.45) is 0 Å². The number of hydrogen-bond acceptors (Lipinski definition) is 6. The number of anilines is 2. The highest BCUT2D eigenvalue weighted by Gasteiger charge is 2.13. The van der Waals surface area contributed by atoms with E-state index in [1.165, 1.54) is 0 Å². The standard InChI is InChI=1S/C14H21N5O3/c1-2-3-12(20)15-10-13(21)18-11-8-16-14(17-9-11)19-4-6-22-7-5-19/h8-9H,2-7,10H2,1H3,(H,15,20)(H,18,21). The normalized spacial score (nSPS) is 14.5. The van der Waals surface area contributed by atoms with Crippen molar-refractivity contribution < 1.29 is 14.3 Å². The lowest BCUT2D eigenvalue weighted by atomic mass is 10.3. The highest BCUT2D eigenvalue weighted by atomic mass is 16.5. The molecule has 8 heteroatoms. The maximum absolute atomic E-state index is 11.7. The van der Waals surface area contributed by atoms with Crippen LogP contribution in [0.5, 0.6) is 0 Å². The fourth-order valence-electron chi connectivity index (χ4n) is 2.01. The third kappa shape index (κ3) is 4.96. The van der Waals surface area contributed by atoms with Gasteiger partial charge in [-0.15, -0.1) is 0 Å². The average molecular weight is 307 g/mol. The van der Waals surface area contributed by atoms with Gasteiger partial charge in [-0.3, -0.25) is 9.59 Å². The van der Waals surface area contributed by atoms with E-state index < -0.39 is 0 Å². The number of carbonyl (C=O) groups excluding carboxylic acids is 2. The van der Waals surface area contributed by atoms with Gasteiger partial charge >= 0.3 is 0 Å². The highest BCUT2D eigenvalue weighted by Crippen LogP contribution is 2.11. The molecule has 8 nitrogen and oxygen atoms in total. The van der Waals surface area contributed by atoms with Crippen molar-refractivity contribution in [1.82, 2.24) is 15.3 Å². The topological polar surface area (TPSA) is 96.5 Å². The van der Waals surface area contributed by atoms with Gasteiger partial charge in [-0.05, 0) is 6.42 Å². The third-order valence-corrected chi connectivity index (χ3v) is 3.14. The van der Waals surface area contributed by atoms with Crippen LogP contribution >= 0.6 is 0 Å². The number of hydrogen-bond donors (Lipinski definition) is 2. The van der Waals surface area contributed by atoms with Gasteiger partial charge in [0.2, 0.25) is 17.8 Å². The Balaban J connectivity index is 1.80. The molecule has 2 heterocycles. The molecule has 0 radical (unpaired) electrons. The number of carbonyl (C=O) groups is 2. The van der Waals surface area contributed by atoms with Crippen LogP contribution in [0.25, 0.3) is 0 Å². The Morgan fingerprint density at radius 2 is 1.91 bits per heavy atom. The average Bonchev–Trinajstić information content (AvgIpc) is 2.55. The maximum Gasteiger partial charge on any atom is 0.243 e. The molecule has 0 aromatic carbocycles. The lowest BCUT2D eigenvalue weighted by Gasteiger charge is -2.26. The number of rotatable bonds is 6. The maximum atomic E-state index is 11.7. The molecule has 22 heavy (non-hydrogen) atoms. The van der Waals surface area contributed by atoms with Crippen LogP contribution in [0.1, 0.15) is 19.8 Å². The Kier molecular flexibility index (Phi) is 6.08. The van der Waals surface area contributed by atoms with E-state index in [-0.39, 0.29) is 18.4 Å². The molecule has 2 N–H and O–H groups in total. The molecule has 1 aliphatic heterocycles. The molecule has 1 aromatic heterocycles. The summed E-state index contributed by atoms with van der Waals surface area (Å²) in [7, 11) is 0. The van der Waals surface area contributed by atoms with E-state index in [2.05, 4.69) is 20.6 Å².